The highest BCUT2D eigenvalue weighted by Gasteiger charge is 1.97. The Hall–Kier alpha value is -0.120. The van der Waals surface area contributed by atoms with Crippen molar-refractivity contribution in [3.8, 4) is 0 Å². The van der Waals surface area contributed by atoms with Gasteiger partial charge in [0.1, 0.15) is 0 Å². The van der Waals surface area contributed by atoms with Crippen LogP contribution >= 0.6 is 0 Å². The van der Waals surface area contributed by atoms with Crippen molar-refractivity contribution in [2.75, 3.05) is 20.8 Å². The lowest BCUT2D eigenvalue weighted by molar-refractivity contribution is -0.0949. The van der Waals surface area contributed by atoms with E-state index in [9.17, 15) is 0 Å². The summed E-state index contributed by atoms with van der Waals surface area (Å²) in [6.07, 6.45) is -0.347. The van der Waals surface area contributed by atoms with Crippen LogP contribution in [-0.4, -0.2) is 27.1 Å². The molecule has 0 aliphatic carbocycles. The molecular formula is C4H10NO2. The van der Waals surface area contributed by atoms with Gasteiger partial charge in [0, 0.05) is 14.2 Å². The van der Waals surface area contributed by atoms with Gasteiger partial charge in [-0.05, 0) is 0 Å². The molecule has 0 aromatic heterocycles. The number of methoxy groups -OCH3 is 2. The minimum Gasteiger partial charge on any atom is -0.354 e. The molecule has 1 radical (unpaired) electrons. The van der Waals surface area contributed by atoms with Crippen molar-refractivity contribution < 1.29 is 9.47 Å². The van der Waals surface area contributed by atoms with Gasteiger partial charge in [-0.15, -0.1) is 0 Å². The molecule has 0 atom stereocenters. The molecule has 0 heterocycles. The third kappa shape index (κ3) is 2.56. The van der Waals surface area contributed by atoms with Crippen LogP contribution in [0.15, 0.2) is 0 Å². The molecule has 7 heavy (non-hydrogen) atoms. The highest BCUT2D eigenvalue weighted by atomic mass is 16.7. The van der Waals surface area contributed by atoms with Crippen molar-refractivity contribution in [3.63, 3.8) is 0 Å². The van der Waals surface area contributed by atoms with Gasteiger partial charge in [0.25, 0.3) is 0 Å². The predicted molar refractivity (Wildman–Crippen MR) is 25.8 cm³/mol. The van der Waals surface area contributed by atoms with E-state index >= 15 is 0 Å². The second-order valence-corrected chi connectivity index (χ2v) is 1.11. The second-order valence-electron chi connectivity index (χ2n) is 1.11. The standard InChI is InChI=1S/C4H10NO2/c1-6-4(3-5)7-2/h4-5H,3H2,1-2H3. The molecule has 0 aliphatic rings. The van der Waals surface area contributed by atoms with E-state index in [1.165, 1.54) is 14.2 Å². The molecule has 0 fully saturated rings. The van der Waals surface area contributed by atoms with Crippen LogP contribution in [0.1, 0.15) is 0 Å². The lowest BCUT2D eigenvalue weighted by Gasteiger charge is -2.07. The number of ether oxygens (including phenoxy) is 2. The fraction of sp³-hybridized carbons (Fsp3) is 1.00. The van der Waals surface area contributed by atoms with Crippen molar-refractivity contribution in [2.45, 2.75) is 6.29 Å². The molecule has 0 saturated heterocycles. The van der Waals surface area contributed by atoms with E-state index in [2.05, 4.69) is 9.47 Å². The van der Waals surface area contributed by atoms with Crippen molar-refractivity contribution in [1.82, 2.24) is 5.73 Å². The number of nitrogens with one attached hydrogen (secondary N) is 1. The quantitative estimate of drug-likeness (QED) is 0.469. The van der Waals surface area contributed by atoms with Gasteiger partial charge in [-0.1, -0.05) is 0 Å². The SMILES string of the molecule is COC(C[NH])OC. The average molecular weight is 104 g/mol. The third-order valence-electron chi connectivity index (χ3n) is 0.692. The summed E-state index contributed by atoms with van der Waals surface area (Å²) in [5.74, 6) is 0. The van der Waals surface area contributed by atoms with E-state index in [0.717, 1.165) is 0 Å². The maximum absolute atomic E-state index is 6.71. The van der Waals surface area contributed by atoms with Crippen LogP contribution in [0, 0.1) is 0 Å². The average Bonchev–Trinajstić information content (AvgIpc) is 1.72. The van der Waals surface area contributed by atoms with Gasteiger partial charge < -0.3 is 9.47 Å². The zero-order chi connectivity index (χ0) is 5.70. The van der Waals surface area contributed by atoms with Gasteiger partial charge in [0.2, 0.25) is 0 Å². The van der Waals surface area contributed by atoms with Crippen molar-refractivity contribution >= 4 is 0 Å². The Morgan fingerprint density at radius 3 is 1.86 bits per heavy atom. The molecule has 0 saturated carbocycles. The van der Waals surface area contributed by atoms with Crippen LogP contribution < -0.4 is 5.73 Å². The highest BCUT2D eigenvalue weighted by Crippen LogP contribution is 1.84. The van der Waals surface area contributed by atoms with Crippen molar-refractivity contribution in [3.05, 3.63) is 0 Å². The van der Waals surface area contributed by atoms with Crippen LogP contribution in [0.2, 0.25) is 0 Å². The first kappa shape index (κ1) is 6.88. The summed E-state index contributed by atoms with van der Waals surface area (Å²) in [7, 11) is 3.03. The van der Waals surface area contributed by atoms with Crippen molar-refractivity contribution in [2.24, 2.45) is 0 Å². The molecule has 0 rings (SSSR count). The largest absolute Gasteiger partial charge is 0.354 e. The summed E-state index contributed by atoms with van der Waals surface area (Å²) in [6.45, 7) is 0.160. The number of rotatable bonds is 3. The predicted octanol–water partition coefficient (Wildman–Crippen LogP) is -0.112. The molecule has 1 N–H and O–H groups in total. The topological polar surface area (TPSA) is 42.3 Å². The molecule has 3 nitrogen and oxygen atoms in total. The Kier molecular flexibility index (Phi) is 3.98. The van der Waals surface area contributed by atoms with Crippen LogP contribution in [0.4, 0.5) is 0 Å². The first-order chi connectivity index (χ1) is 3.35. The molecular weight excluding hydrogens is 94.0 g/mol. The number of hydrogen-bond acceptors (Lipinski definition) is 2. The van der Waals surface area contributed by atoms with Crippen LogP contribution in [0.3, 0.4) is 0 Å². The minimum absolute atomic E-state index is 0.160. The molecule has 0 amide bonds. The maximum Gasteiger partial charge on any atom is 0.170 e. The zero-order valence-corrected chi connectivity index (χ0v) is 4.60. The van der Waals surface area contributed by atoms with Crippen LogP contribution in [-0.2, 0) is 9.47 Å². The van der Waals surface area contributed by atoms with E-state index in [-0.39, 0.29) is 12.8 Å². The van der Waals surface area contributed by atoms with Gasteiger partial charge in [-0.3, -0.25) is 5.73 Å². The fourth-order valence-corrected chi connectivity index (χ4v) is 0.263. The van der Waals surface area contributed by atoms with E-state index in [1.54, 1.807) is 0 Å². The van der Waals surface area contributed by atoms with Gasteiger partial charge in [-0.25, -0.2) is 0 Å². The molecule has 0 aromatic carbocycles. The Morgan fingerprint density at radius 2 is 1.86 bits per heavy atom. The summed E-state index contributed by atoms with van der Waals surface area (Å²) in [4.78, 5) is 0. The molecule has 0 unspecified atom stereocenters. The zero-order valence-electron chi connectivity index (χ0n) is 4.60. The summed E-state index contributed by atoms with van der Waals surface area (Å²) in [5.41, 5.74) is 6.71. The first-order valence-corrected chi connectivity index (χ1v) is 2.05. The monoisotopic (exact) mass is 104 g/mol. The molecule has 0 spiro atoms. The molecule has 43 valence electrons. The molecule has 0 bridgehead atoms. The summed E-state index contributed by atoms with van der Waals surface area (Å²) in [5, 5.41) is 0. The third-order valence-corrected chi connectivity index (χ3v) is 0.692. The van der Waals surface area contributed by atoms with E-state index in [0.29, 0.717) is 0 Å². The summed E-state index contributed by atoms with van der Waals surface area (Å²) >= 11 is 0. The lowest BCUT2D eigenvalue weighted by atomic mass is 10.6. The molecule has 0 aliphatic heterocycles. The number of hydrogen-bond donors (Lipinski definition) is 0. The van der Waals surface area contributed by atoms with Gasteiger partial charge in [0.15, 0.2) is 6.29 Å². The maximum atomic E-state index is 6.71. The van der Waals surface area contributed by atoms with E-state index < -0.39 is 0 Å². The minimum atomic E-state index is -0.347. The van der Waals surface area contributed by atoms with Gasteiger partial charge >= 0.3 is 0 Å². The van der Waals surface area contributed by atoms with Crippen LogP contribution in [0.25, 0.3) is 0 Å². The Bertz CT molecular complexity index is 31.2. The lowest BCUT2D eigenvalue weighted by Crippen LogP contribution is -2.18. The van der Waals surface area contributed by atoms with E-state index in [1.807, 2.05) is 0 Å². The van der Waals surface area contributed by atoms with Crippen LogP contribution in [0.5, 0.6) is 0 Å². The van der Waals surface area contributed by atoms with Gasteiger partial charge in [-0.2, -0.15) is 0 Å². The highest BCUT2D eigenvalue weighted by molar-refractivity contribution is 4.36. The molecule has 3 heteroatoms. The second kappa shape index (κ2) is 4.05. The normalized spacial score (nSPS) is 10.3. The molecule has 0 aromatic rings. The van der Waals surface area contributed by atoms with Gasteiger partial charge in [0.05, 0.1) is 6.54 Å². The first-order valence-electron chi connectivity index (χ1n) is 2.05. The summed E-state index contributed by atoms with van der Waals surface area (Å²) < 4.78 is 9.28. The Balaban J connectivity index is 2.99. The summed E-state index contributed by atoms with van der Waals surface area (Å²) in [6, 6.07) is 0. The fourth-order valence-electron chi connectivity index (χ4n) is 0.263. The van der Waals surface area contributed by atoms with Crippen molar-refractivity contribution in [1.29, 1.82) is 0 Å². The Labute approximate surface area is 43.4 Å². The smallest absolute Gasteiger partial charge is 0.170 e. The Morgan fingerprint density at radius 1 is 1.43 bits per heavy atom. The van der Waals surface area contributed by atoms with E-state index in [4.69, 9.17) is 5.73 Å².